The lowest BCUT2D eigenvalue weighted by Gasteiger charge is -2.39. The normalized spacial score (nSPS) is 29.6. The largest absolute Gasteiger partial charge is 0.491 e. The van der Waals surface area contributed by atoms with Crippen LogP contribution in [-0.2, 0) is 0 Å². The van der Waals surface area contributed by atoms with Gasteiger partial charge in [-0.25, -0.2) is 0 Å². The van der Waals surface area contributed by atoms with Crippen LogP contribution in [0, 0.1) is 5.92 Å². The number of benzene rings is 1. The minimum Gasteiger partial charge on any atom is -0.491 e. The van der Waals surface area contributed by atoms with Crippen molar-refractivity contribution in [3.05, 3.63) is 29.3 Å². The smallest absolute Gasteiger partial charge is 0.255 e. The first-order chi connectivity index (χ1) is 10.6. The van der Waals surface area contributed by atoms with Crippen LogP contribution >= 0.6 is 0 Å². The van der Waals surface area contributed by atoms with Gasteiger partial charge in [-0.3, -0.25) is 9.59 Å². The Morgan fingerprint density at radius 2 is 2.32 bits per heavy atom. The number of nitrogens with two attached hydrogens (primary N) is 1. The number of carbonyl (C=O) groups is 2. The fourth-order valence-corrected chi connectivity index (χ4v) is 3.61. The Balaban J connectivity index is 1.60. The zero-order valence-electron chi connectivity index (χ0n) is 12.3. The number of hydrogen-bond acceptors (Lipinski definition) is 4. The number of hydrogen-bond donors (Lipinski definition) is 2. The molecule has 0 unspecified atom stereocenters. The molecule has 4 rings (SSSR count). The zero-order valence-corrected chi connectivity index (χ0v) is 12.3. The molecule has 1 aromatic rings. The molecular weight excluding hydrogens is 282 g/mol. The number of ether oxygens (including phenoxy) is 1. The molecule has 0 aromatic heterocycles. The zero-order chi connectivity index (χ0) is 15.3. The average molecular weight is 301 g/mol. The van der Waals surface area contributed by atoms with Crippen LogP contribution < -0.4 is 15.8 Å². The molecule has 0 bridgehead atoms. The summed E-state index contributed by atoms with van der Waals surface area (Å²) in [5.74, 6) is 0.699. The van der Waals surface area contributed by atoms with Crippen molar-refractivity contribution in [2.24, 2.45) is 11.7 Å². The molecule has 2 fully saturated rings. The highest BCUT2D eigenvalue weighted by molar-refractivity contribution is 6.01. The number of rotatable bonds is 1. The molecule has 6 heteroatoms. The molecule has 1 saturated heterocycles. The molecule has 3 aliphatic rings. The minimum absolute atomic E-state index is 0.0564. The number of nitrogens with one attached hydrogen (secondary N) is 1. The molecule has 2 heterocycles. The number of nitrogens with zero attached hydrogens (tertiary/aromatic N) is 1. The Bertz CT molecular complexity index is 660. The van der Waals surface area contributed by atoms with Crippen LogP contribution in [0.15, 0.2) is 18.2 Å². The molecular formula is C16H19N3O3. The van der Waals surface area contributed by atoms with Gasteiger partial charge in [0.05, 0.1) is 12.1 Å². The second-order valence-corrected chi connectivity index (χ2v) is 6.47. The fourth-order valence-electron chi connectivity index (χ4n) is 3.61. The summed E-state index contributed by atoms with van der Waals surface area (Å²) in [6.07, 6.45) is 2.09. The Hall–Kier alpha value is -2.08. The molecule has 1 saturated carbocycles. The van der Waals surface area contributed by atoms with Crippen molar-refractivity contribution in [1.29, 1.82) is 0 Å². The van der Waals surface area contributed by atoms with Crippen molar-refractivity contribution >= 4 is 11.8 Å². The summed E-state index contributed by atoms with van der Waals surface area (Å²) in [4.78, 5) is 26.5. The van der Waals surface area contributed by atoms with E-state index in [2.05, 4.69) is 5.32 Å². The van der Waals surface area contributed by atoms with Crippen LogP contribution in [0.1, 0.15) is 33.6 Å². The molecule has 22 heavy (non-hydrogen) atoms. The van der Waals surface area contributed by atoms with E-state index in [1.54, 1.807) is 18.2 Å². The maximum absolute atomic E-state index is 12.7. The monoisotopic (exact) mass is 301 g/mol. The quantitative estimate of drug-likeness (QED) is 0.785. The second kappa shape index (κ2) is 4.71. The predicted molar refractivity (Wildman–Crippen MR) is 79.8 cm³/mol. The molecule has 1 aliphatic carbocycles. The SMILES string of the molecule is N[C@]12CC[C@H]1CN(C(=O)c1ccc3c(c1)C(=O)NCCO3)C2. The second-order valence-electron chi connectivity index (χ2n) is 6.47. The van der Waals surface area contributed by atoms with E-state index in [0.29, 0.717) is 42.5 Å². The molecule has 0 spiro atoms. The number of carbonyl (C=O) groups excluding carboxylic acids is 2. The van der Waals surface area contributed by atoms with Gasteiger partial charge in [0.2, 0.25) is 0 Å². The Morgan fingerprint density at radius 3 is 3.00 bits per heavy atom. The third kappa shape index (κ3) is 1.98. The maximum atomic E-state index is 12.7. The van der Waals surface area contributed by atoms with E-state index in [9.17, 15) is 9.59 Å². The molecule has 2 amide bonds. The minimum atomic E-state index is -0.195. The van der Waals surface area contributed by atoms with Gasteiger partial charge in [-0.2, -0.15) is 0 Å². The van der Waals surface area contributed by atoms with E-state index in [1.165, 1.54) is 0 Å². The average Bonchev–Trinajstić information content (AvgIpc) is 2.66. The number of amides is 2. The molecule has 3 N–H and O–H groups in total. The van der Waals surface area contributed by atoms with Crippen LogP contribution in [0.2, 0.25) is 0 Å². The summed E-state index contributed by atoms with van der Waals surface area (Å²) in [6.45, 7) is 2.24. The van der Waals surface area contributed by atoms with Crippen LogP contribution in [-0.4, -0.2) is 48.5 Å². The third-order valence-electron chi connectivity index (χ3n) is 5.10. The lowest BCUT2D eigenvalue weighted by atomic mass is 9.70. The van der Waals surface area contributed by atoms with Gasteiger partial charge in [0.25, 0.3) is 11.8 Å². The summed E-state index contributed by atoms with van der Waals surface area (Å²) in [5, 5.41) is 2.76. The van der Waals surface area contributed by atoms with Gasteiger partial charge >= 0.3 is 0 Å². The summed E-state index contributed by atoms with van der Waals surface area (Å²) in [6, 6.07) is 5.06. The van der Waals surface area contributed by atoms with Crippen molar-refractivity contribution in [1.82, 2.24) is 10.2 Å². The van der Waals surface area contributed by atoms with E-state index in [1.807, 2.05) is 4.90 Å². The van der Waals surface area contributed by atoms with Gasteiger partial charge < -0.3 is 20.7 Å². The van der Waals surface area contributed by atoms with Gasteiger partial charge in [0.1, 0.15) is 12.4 Å². The lowest BCUT2D eigenvalue weighted by molar-refractivity contribution is 0.0785. The number of likely N-dealkylation sites (tertiary alicyclic amines) is 1. The Kier molecular flexibility index (Phi) is 2.91. The van der Waals surface area contributed by atoms with Crippen LogP contribution in [0.4, 0.5) is 0 Å². The number of fused-ring (bicyclic) bond motifs is 2. The summed E-state index contributed by atoms with van der Waals surface area (Å²) in [7, 11) is 0. The highest BCUT2D eigenvalue weighted by Crippen LogP contribution is 2.42. The lowest BCUT2D eigenvalue weighted by Crippen LogP contribution is -2.54. The summed E-state index contributed by atoms with van der Waals surface area (Å²) in [5.41, 5.74) is 7.04. The van der Waals surface area contributed by atoms with E-state index in [0.717, 1.165) is 19.4 Å². The first-order valence-corrected chi connectivity index (χ1v) is 7.70. The van der Waals surface area contributed by atoms with E-state index in [-0.39, 0.29) is 17.4 Å². The molecule has 6 nitrogen and oxygen atoms in total. The summed E-state index contributed by atoms with van der Waals surface area (Å²) < 4.78 is 5.51. The van der Waals surface area contributed by atoms with Gasteiger partial charge in [0.15, 0.2) is 0 Å². The van der Waals surface area contributed by atoms with Gasteiger partial charge in [0, 0.05) is 24.2 Å². The molecule has 1 aromatic carbocycles. The van der Waals surface area contributed by atoms with Crippen LogP contribution in [0.3, 0.4) is 0 Å². The predicted octanol–water partition coefficient (Wildman–Crippen LogP) is 0.372. The van der Waals surface area contributed by atoms with Gasteiger partial charge in [-0.1, -0.05) is 0 Å². The first kappa shape index (κ1) is 13.6. The summed E-state index contributed by atoms with van der Waals surface area (Å²) >= 11 is 0. The van der Waals surface area contributed by atoms with Gasteiger partial charge in [-0.15, -0.1) is 0 Å². The van der Waals surface area contributed by atoms with Crippen molar-refractivity contribution in [2.45, 2.75) is 18.4 Å². The van der Waals surface area contributed by atoms with Crippen molar-refractivity contribution < 1.29 is 14.3 Å². The first-order valence-electron chi connectivity index (χ1n) is 7.70. The van der Waals surface area contributed by atoms with Crippen LogP contribution in [0.5, 0.6) is 5.75 Å². The maximum Gasteiger partial charge on any atom is 0.255 e. The van der Waals surface area contributed by atoms with E-state index < -0.39 is 0 Å². The Labute approximate surface area is 128 Å². The van der Waals surface area contributed by atoms with Gasteiger partial charge in [-0.05, 0) is 37.0 Å². The molecule has 2 aliphatic heterocycles. The standard InChI is InChI=1S/C16H19N3O3/c17-16-4-3-11(16)8-19(9-16)15(21)10-1-2-13-12(7-10)14(20)18-5-6-22-13/h1-2,7,11H,3-6,8-9,17H2,(H,18,20)/t11-,16-/m0/s1. The van der Waals surface area contributed by atoms with E-state index in [4.69, 9.17) is 10.5 Å². The van der Waals surface area contributed by atoms with Crippen molar-refractivity contribution in [3.8, 4) is 5.75 Å². The topological polar surface area (TPSA) is 84.7 Å². The van der Waals surface area contributed by atoms with Crippen LogP contribution in [0.25, 0.3) is 0 Å². The van der Waals surface area contributed by atoms with Crippen molar-refractivity contribution in [2.75, 3.05) is 26.2 Å². The Morgan fingerprint density at radius 1 is 1.45 bits per heavy atom. The molecule has 116 valence electrons. The highest BCUT2D eigenvalue weighted by atomic mass is 16.5. The van der Waals surface area contributed by atoms with E-state index >= 15 is 0 Å². The molecule has 0 radical (unpaired) electrons. The highest BCUT2D eigenvalue weighted by Gasteiger charge is 2.51. The fraction of sp³-hybridized carbons (Fsp3) is 0.500. The molecule has 2 atom stereocenters. The third-order valence-corrected chi connectivity index (χ3v) is 5.10. The van der Waals surface area contributed by atoms with Crippen molar-refractivity contribution in [3.63, 3.8) is 0 Å².